The van der Waals surface area contributed by atoms with E-state index in [4.69, 9.17) is 16.3 Å². The number of nitrogens with one attached hydrogen (secondary N) is 2. The van der Waals surface area contributed by atoms with E-state index in [0.717, 1.165) is 5.69 Å². The maximum Gasteiger partial charge on any atom is 0.276 e. The molecule has 0 saturated heterocycles. The van der Waals surface area contributed by atoms with E-state index in [0.29, 0.717) is 22.4 Å². The van der Waals surface area contributed by atoms with Crippen molar-refractivity contribution in [3.8, 4) is 5.75 Å². The van der Waals surface area contributed by atoms with Crippen LogP contribution in [0.15, 0.2) is 64.6 Å². The van der Waals surface area contributed by atoms with Crippen LogP contribution in [0.5, 0.6) is 5.75 Å². The van der Waals surface area contributed by atoms with Crippen molar-refractivity contribution < 1.29 is 13.2 Å². The summed E-state index contributed by atoms with van der Waals surface area (Å²) in [4.78, 5) is 6.96. The van der Waals surface area contributed by atoms with Gasteiger partial charge in [-0.3, -0.25) is 0 Å². The van der Waals surface area contributed by atoms with Gasteiger partial charge >= 0.3 is 0 Å². The van der Waals surface area contributed by atoms with Crippen molar-refractivity contribution in [3.63, 3.8) is 0 Å². The highest BCUT2D eigenvalue weighted by Crippen LogP contribution is 2.27. The Labute approximate surface area is 172 Å². The molecular formula is C18H17ClN4O3S2. The maximum absolute atomic E-state index is 12.3. The molecule has 0 bridgehead atoms. The van der Waals surface area contributed by atoms with Gasteiger partial charge in [0, 0.05) is 5.69 Å². The lowest BCUT2D eigenvalue weighted by atomic mass is 10.3. The fourth-order valence-corrected chi connectivity index (χ4v) is 4.02. The number of halogens is 1. The van der Waals surface area contributed by atoms with E-state index in [-0.39, 0.29) is 10.0 Å². The van der Waals surface area contributed by atoms with Crippen LogP contribution in [0.3, 0.4) is 0 Å². The molecule has 0 radical (unpaired) electrons. The van der Waals surface area contributed by atoms with Gasteiger partial charge in [0.15, 0.2) is 10.3 Å². The van der Waals surface area contributed by atoms with Gasteiger partial charge in [-0.25, -0.2) is 9.82 Å². The average Bonchev–Trinajstić information content (AvgIpc) is 3.02. The molecule has 0 unspecified atom stereocenters. The number of aromatic nitrogens is 1. The molecule has 2 aromatic carbocycles. The Morgan fingerprint density at radius 1 is 1.18 bits per heavy atom. The van der Waals surface area contributed by atoms with Gasteiger partial charge < -0.3 is 10.1 Å². The van der Waals surface area contributed by atoms with Gasteiger partial charge in [0.2, 0.25) is 0 Å². The van der Waals surface area contributed by atoms with Crippen molar-refractivity contribution >= 4 is 50.0 Å². The topological polar surface area (TPSA) is 92.7 Å². The number of hydrazone groups is 1. The third kappa shape index (κ3) is 5.22. The second-order valence-corrected chi connectivity index (χ2v) is 8.47. The van der Waals surface area contributed by atoms with Crippen LogP contribution in [-0.4, -0.2) is 26.2 Å². The number of nitrogens with zero attached hydrogens (tertiary/aromatic N) is 2. The number of ether oxygens (including phenoxy) is 1. The predicted molar refractivity (Wildman–Crippen MR) is 112 cm³/mol. The monoisotopic (exact) mass is 436 g/mol. The van der Waals surface area contributed by atoms with E-state index in [1.807, 2.05) is 37.3 Å². The summed E-state index contributed by atoms with van der Waals surface area (Å²) in [5, 5.41) is 7.72. The van der Waals surface area contributed by atoms with Gasteiger partial charge in [0.25, 0.3) is 10.0 Å². The smallest absolute Gasteiger partial charge is 0.276 e. The molecule has 0 spiro atoms. The van der Waals surface area contributed by atoms with Crippen LogP contribution in [0.2, 0.25) is 5.15 Å². The minimum Gasteiger partial charge on any atom is -0.494 e. The van der Waals surface area contributed by atoms with E-state index in [2.05, 4.69) is 20.2 Å². The molecule has 1 heterocycles. The van der Waals surface area contributed by atoms with E-state index in [9.17, 15) is 8.42 Å². The van der Waals surface area contributed by atoms with Gasteiger partial charge in [-0.15, -0.1) is 0 Å². The van der Waals surface area contributed by atoms with Crippen LogP contribution < -0.4 is 14.9 Å². The highest BCUT2D eigenvalue weighted by atomic mass is 35.5. The number of hydrogen-bond acceptors (Lipinski definition) is 7. The van der Waals surface area contributed by atoms with Crippen LogP contribution in [0.4, 0.5) is 10.8 Å². The van der Waals surface area contributed by atoms with E-state index >= 15 is 0 Å². The molecule has 0 aliphatic rings. The zero-order valence-corrected chi connectivity index (χ0v) is 17.2. The second kappa shape index (κ2) is 9.05. The molecule has 0 aliphatic heterocycles. The maximum atomic E-state index is 12.3. The average molecular weight is 437 g/mol. The highest BCUT2D eigenvalue weighted by Gasteiger charge is 2.13. The molecule has 3 rings (SSSR count). The molecule has 28 heavy (non-hydrogen) atoms. The molecule has 3 aromatic rings. The number of hydrogen-bond donors (Lipinski definition) is 2. The fraction of sp³-hybridized carbons (Fsp3) is 0.111. The molecule has 2 N–H and O–H groups in total. The van der Waals surface area contributed by atoms with Gasteiger partial charge in [0.05, 0.1) is 22.6 Å². The van der Waals surface area contributed by atoms with E-state index in [1.54, 1.807) is 12.1 Å². The van der Waals surface area contributed by atoms with E-state index < -0.39 is 10.0 Å². The molecule has 0 aliphatic carbocycles. The zero-order chi connectivity index (χ0) is 20.0. The van der Waals surface area contributed by atoms with Crippen molar-refractivity contribution in [1.82, 2.24) is 9.82 Å². The lowest BCUT2D eigenvalue weighted by Crippen LogP contribution is -2.18. The summed E-state index contributed by atoms with van der Waals surface area (Å²) in [5.41, 5.74) is 0.868. The summed E-state index contributed by atoms with van der Waals surface area (Å²) < 4.78 is 29.9. The Morgan fingerprint density at radius 3 is 2.57 bits per heavy atom. The Balaban J connectivity index is 1.66. The molecule has 0 saturated carbocycles. The third-order valence-electron chi connectivity index (χ3n) is 3.43. The SMILES string of the molecule is CCOc1ccc(S(=O)(=O)N/N=C\c2sc(Nc3ccccc3)nc2Cl)cc1. The standard InChI is InChI=1S/C18H17ClN4O3S2/c1-2-26-14-8-10-15(11-9-14)28(24,25)23-20-12-16-17(19)22-18(27-16)21-13-6-4-3-5-7-13/h3-12,23H,2H2,1H3,(H,21,22)/b20-12-. The lowest BCUT2D eigenvalue weighted by molar-refractivity contribution is 0.340. The molecular weight excluding hydrogens is 420 g/mol. The first-order valence-electron chi connectivity index (χ1n) is 8.24. The van der Waals surface area contributed by atoms with Crippen LogP contribution in [0.25, 0.3) is 0 Å². The van der Waals surface area contributed by atoms with Crippen molar-refractivity contribution in [2.24, 2.45) is 5.10 Å². The molecule has 10 heteroatoms. The first-order chi connectivity index (χ1) is 13.5. The minimum absolute atomic E-state index is 0.0786. The molecule has 0 amide bonds. The summed E-state index contributed by atoms with van der Waals surface area (Å²) in [7, 11) is -3.79. The van der Waals surface area contributed by atoms with Crippen molar-refractivity contribution in [1.29, 1.82) is 0 Å². The Bertz CT molecular complexity index is 1050. The molecule has 0 atom stereocenters. The molecule has 146 valence electrons. The number of sulfonamides is 1. The Kier molecular flexibility index (Phi) is 6.50. The summed E-state index contributed by atoms with van der Waals surface area (Å²) in [5.74, 6) is 0.597. The molecule has 0 fully saturated rings. The van der Waals surface area contributed by atoms with Crippen LogP contribution in [0.1, 0.15) is 11.8 Å². The van der Waals surface area contributed by atoms with Gasteiger partial charge in [-0.05, 0) is 43.3 Å². The van der Waals surface area contributed by atoms with Gasteiger partial charge in [0.1, 0.15) is 5.75 Å². The van der Waals surface area contributed by atoms with Gasteiger partial charge in [-0.2, -0.15) is 13.5 Å². The van der Waals surface area contributed by atoms with Gasteiger partial charge in [-0.1, -0.05) is 41.1 Å². The van der Waals surface area contributed by atoms with Crippen LogP contribution in [-0.2, 0) is 10.0 Å². The molecule has 7 nitrogen and oxygen atoms in total. The third-order valence-corrected chi connectivity index (χ3v) is 5.98. The first-order valence-corrected chi connectivity index (χ1v) is 10.9. The largest absolute Gasteiger partial charge is 0.494 e. The highest BCUT2D eigenvalue weighted by molar-refractivity contribution is 7.89. The van der Waals surface area contributed by atoms with E-state index in [1.165, 1.54) is 29.7 Å². The number of anilines is 2. The first kappa shape index (κ1) is 20.1. The van der Waals surface area contributed by atoms with Crippen LogP contribution in [0, 0.1) is 0 Å². The number of para-hydroxylation sites is 1. The Morgan fingerprint density at radius 2 is 1.89 bits per heavy atom. The van der Waals surface area contributed by atoms with Crippen molar-refractivity contribution in [2.75, 3.05) is 11.9 Å². The normalized spacial score (nSPS) is 11.5. The zero-order valence-electron chi connectivity index (χ0n) is 14.8. The van der Waals surface area contributed by atoms with Crippen molar-refractivity contribution in [2.45, 2.75) is 11.8 Å². The fourth-order valence-electron chi connectivity index (χ4n) is 2.18. The predicted octanol–water partition coefficient (Wildman–Crippen LogP) is 4.25. The molecule has 1 aromatic heterocycles. The number of rotatable bonds is 8. The quantitative estimate of drug-likeness (QED) is 0.406. The minimum atomic E-state index is -3.79. The summed E-state index contributed by atoms with van der Waals surface area (Å²) >= 11 is 7.36. The second-order valence-electron chi connectivity index (χ2n) is 5.42. The Hall–Kier alpha value is -2.62. The summed E-state index contributed by atoms with van der Waals surface area (Å²) in [6.45, 7) is 2.36. The van der Waals surface area contributed by atoms with Crippen molar-refractivity contribution in [3.05, 3.63) is 64.6 Å². The summed E-state index contributed by atoms with van der Waals surface area (Å²) in [6, 6.07) is 15.6. The number of thiazole rings is 1. The summed E-state index contributed by atoms with van der Waals surface area (Å²) in [6.07, 6.45) is 1.32. The lowest BCUT2D eigenvalue weighted by Gasteiger charge is -2.05. The van der Waals surface area contributed by atoms with Crippen LogP contribution >= 0.6 is 22.9 Å². The number of benzene rings is 2.